The molecule has 76 valence electrons. The summed E-state index contributed by atoms with van der Waals surface area (Å²) >= 11 is 0. The SMILES string of the molecule is C=CCOc1cc(C)ncc1CNC. The lowest BCUT2D eigenvalue weighted by Gasteiger charge is -2.09. The first kappa shape index (κ1) is 10.7. The van der Waals surface area contributed by atoms with Gasteiger partial charge in [-0.25, -0.2) is 0 Å². The van der Waals surface area contributed by atoms with Gasteiger partial charge in [0.1, 0.15) is 12.4 Å². The van der Waals surface area contributed by atoms with Gasteiger partial charge in [-0.3, -0.25) is 4.98 Å². The van der Waals surface area contributed by atoms with E-state index < -0.39 is 0 Å². The highest BCUT2D eigenvalue weighted by molar-refractivity contribution is 5.32. The molecule has 14 heavy (non-hydrogen) atoms. The van der Waals surface area contributed by atoms with Crippen molar-refractivity contribution in [1.29, 1.82) is 0 Å². The molecule has 0 atom stereocenters. The van der Waals surface area contributed by atoms with Crippen molar-refractivity contribution in [3.05, 3.63) is 36.2 Å². The lowest BCUT2D eigenvalue weighted by atomic mass is 10.2. The number of aromatic nitrogens is 1. The van der Waals surface area contributed by atoms with Crippen LogP contribution >= 0.6 is 0 Å². The summed E-state index contributed by atoms with van der Waals surface area (Å²) in [6.45, 7) is 6.86. The topological polar surface area (TPSA) is 34.1 Å². The van der Waals surface area contributed by atoms with Crippen LogP contribution in [0.15, 0.2) is 24.9 Å². The lowest BCUT2D eigenvalue weighted by Crippen LogP contribution is -2.08. The first-order valence-corrected chi connectivity index (χ1v) is 4.61. The van der Waals surface area contributed by atoms with E-state index in [0.29, 0.717) is 6.61 Å². The fourth-order valence-corrected chi connectivity index (χ4v) is 1.17. The van der Waals surface area contributed by atoms with E-state index in [4.69, 9.17) is 4.74 Å². The Balaban J connectivity index is 2.84. The summed E-state index contributed by atoms with van der Waals surface area (Å²) in [4.78, 5) is 4.22. The van der Waals surface area contributed by atoms with Crippen LogP contribution in [0.2, 0.25) is 0 Å². The van der Waals surface area contributed by atoms with E-state index in [1.807, 2.05) is 26.2 Å². The van der Waals surface area contributed by atoms with E-state index >= 15 is 0 Å². The third-order valence-corrected chi connectivity index (χ3v) is 1.80. The van der Waals surface area contributed by atoms with E-state index in [2.05, 4.69) is 16.9 Å². The maximum atomic E-state index is 5.52. The van der Waals surface area contributed by atoms with Gasteiger partial charge in [-0.05, 0) is 14.0 Å². The molecule has 0 unspecified atom stereocenters. The van der Waals surface area contributed by atoms with E-state index in [1.54, 1.807) is 6.08 Å². The van der Waals surface area contributed by atoms with Crippen LogP contribution in [0.5, 0.6) is 5.75 Å². The summed E-state index contributed by atoms with van der Waals surface area (Å²) in [5.74, 6) is 0.881. The molecule has 3 heteroatoms. The Morgan fingerprint density at radius 3 is 3.07 bits per heavy atom. The molecule has 0 aliphatic rings. The van der Waals surface area contributed by atoms with E-state index in [-0.39, 0.29) is 0 Å². The monoisotopic (exact) mass is 192 g/mol. The van der Waals surface area contributed by atoms with E-state index in [0.717, 1.165) is 23.6 Å². The number of rotatable bonds is 5. The van der Waals surface area contributed by atoms with Crippen LogP contribution in [-0.4, -0.2) is 18.6 Å². The van der Waals surface area contributed by atoms with Crippen LogP contribution < -0.4 is 10.1 Å². The first-order chi connectivity index (χ1) is 6.77. The van der Waals surface area contributed by atoms with E-state index in [1.165, 1.54) is 0 Å². The number of hydrogen-bond donors (Lipinski definition) is 1. The van der Waals surface area contributed by atoms with Gasteiger partial charge in [-0.15, -0.1) is 0 Å². The minimum atomic E-state index is 0.528. The highest BCUT2D eigenvalue weighted by Crippen LogP contribution is 2.18. The van der Waals surface area contributed by atoms with Crippen LogP contribution in [-0.2, 0) is 6.54 Å². The molecule has 1 rings (SSSR count). The summed E-state index contributed by atoms with van der Waals surface area (Å²) in [6.07, 6.45) is 3.57. The molecule has 1 aromatic rings. The maximum absolute atomic E-state index is 5.52. The second kappa shape index (κ2) is 5.40. The summed E-state index contributed by atoms with van der Waals surface area (Å²) in [5, 5.41) is 3.07. The highest BCUT2D eigenvalue weighted by Gasteiger charge is 2.03. The Bertz CT molecular complexity index is 310. The molecule has 3 nitrogen and oxygen atoms in total. The second-order valence-corrected chi connectivity index (χ2v) is 3.06. The van der Waals surface area contributed by atoms with Crippen LogP contribution in [0.4, 0.5) is 0 Å². The Labute approximate surface area is 84.8 Å². The van der Waals surface area contributed by atoms with E-state index in [9.17, 15) is 0 Å². The molecule has 0 fully saturated rings. The van der Waals surface area contributed by atoms with Crippen molar-refractivity contribution in [1.82, 2.24) is 10.3 Å². The quantitative estimate of drug-likeness (QED) is 0.721. The molecule has 1 N–H and O–H groups in total. The zero-order chi connectivity index (χ0) is 10.4. The summed E-state index contributed by atoms with van der Waals surface area (Å²) in [6, 6.07) is 1.94. The zero-order valence-electron chi connectivity index (χ0n) is 8.71. The fraction of sp³-hybridized carbons (Fsp3) is 0.364. The zero-order valence-corrected chi connectivity index (χ0v) is 8.71. The second-order valence-electron chi connectivity index (χ2n) is 3.06. The first-order valence-electron chi connectivity index (χ1n) is 4.61. The number of ether oxygens (including phenoxy) is 1. The molecule has 0 saturated carbocycles. The van der Waals surface area contributed by atoms with Gasteiger partial charge in [-0.2, -0.15) is 0 Å². The molecular weight excluding hydrogens is 176 g/mol. The number of hydrogen-bond acceptors (Lipinski definition) is 3. The highest BCUT2D eigenvalue weighted by atomic mass is 16.5. The van der Waals surface area contributed by atoms with Gasteiger partial charge in [-0.1, -0.05) is 12.7 Å². The van der Waals surface area contributed by atoms with Crippen LogP contribution in [0.25, 0.3) is 0 Å². The number of aryl methyl sites for hydroxylation is 1. The van der Waals surface area contributed by atoms with Crippen molar-refractivity contribution in [2.24, 2.45) is 0 Å². The Kier molecular flexibility index (Phi) is 4.13. The van der Waals surface area contributed by atoms with Gasteiger partial charge < -0.3 is 10.1 Å². The van der Waals surface area contributed by atoms with Crippen molar-refractivity contribution in [2.45, 2.75) is 13.5 Å². The van der Waals surface area contributed by atoms with Crippen molar-refractivity contribution >= 4 is 0 Å². The van der Waals surface area contributed by atoms with Gasteiger partial charge in [0.2, 0.25) is 0 Å². The molecule has 0 amide bonds. The minimum Gasteiger partial charge on any atom is -0.489 e. The largest absolute Gasteiger partial charge is 0.489 e. The van der Waals surface area contributed by atoms with Gasteiger partial charge in [0.25, 0.3) is 0 Å². The average molecular weight is 192 g/mol. The molecule has 0 aromatic carbocycles. The summed E-state index contributed by atoms with van der Waals surface area (Å²) in [7, 11) is 1.90. The van der Waals surface area contributed by atoms with Crippen LogP contribution in [0, 0.1) is 6.92 Å². The lowest BCUT2D eigenvalue weighted by molar-refractivity contribution is 0.357. The number of pyridine rings is 1. The number of nitrogens with one attached hydrogen (secondary N) is 1. The fourth-order valence-electron chi connectivity index (χ4n) is 1.17. The molecule has 0 saturated heterocycles. The van der Waals surface area contributed by atoms with Crippen LogP contribution in [0.3, 0.4) is 0 Å². The van der Waals surface area contributed by atoms with Crippen molar-refractivity contribution in [2.75, 3.05) is 13.7 Å². The van der Waals surface area contributed by atoms with Gasteiger partial charge >= 0.3 is 0 Å². The number of nitrogens with zero attached hydrogens (tertiary/aromatic N) is 1. The Morgan fingerprint density at radius 1 is 1.64 bits per heavy atom. The van der Waals surface area contributed by atoms with Crippen molar-refractivity contribution < 1.29 is 4.74 Å². The molecule has 1 heterocycles. The smallest absolute Gasteiger partial charge is 0.127 e. The minimum absolute atomic E-state index is 0.528. The van der Waals surface area contributed by atoms with Crippen molar-refractivity contribution in [3.63, 3.8) is 0 Å². The standard InChI is InChI=1S/C11H16N2O/c1-4-5-14-11-6-9(2)13-8-10(11)7-12-3/h4,6,8,12H,1,5,7H2,2-3H3. The van der Waals surface area contributed by atoms with Gasteiger partial charge in [0.05, 0.1) is 0 Å². The Morgan fingerprint density at radius 2 is 2.43 bits per heavy atom. The summed E-state index contributed by atoms with van der Waals surface area (Å²) < 4.78 is 5.52. The predicted octanol–water partition coefficient (Wildman–Crippen LogP) is 1.67. The molecule has 0 spiro atoms. The average Bonchev–Trinajstić information content (AvgIpc) is 2.18. The normalized spacial score (nSPS) is 9.86. The predicted molar refractivity (Wildman–Crippen MR) is 57.4 cm³/mol. The summed E-state index contributed by atoms with van der Waals surface area (Å²) in [5.41, 5.74) is 2.03. The van der Waals surface area contributed by atoms with Gasteiger partial charge in [0, 0.05) is 30.1 Å². The molecule has 0 radical (unpaired) electrons. The molecular formula is C11H16N2O. The molecule has 0 aliphatic heterocycles. The molecule has 0 aliphatic carbocycles. The third kappa shape index (κ3) is 2.85. The Hall–Kier alpha value is -1.35. The van der Waals surface area contributed by atoms with Crippen LogP contribution in [0.1, 0.15) is 11.3 Å². The van der Waals surface area contributed by atoms with Gasteiger partial charge in [0.15, 0.2) is 0 Å². The molecule has 1 aromatic heterocycles. The molecule has 0 bridgehead atoms. The van der Waals surface area contributed by atoms with Crippen molar-refractivity contribution in [3.8, 4) is 5.75 Å². The maximum Gasteiger partial charge on any atom is 0.127 e. The third-order valence-electron chi connectivity index (χ3n) is 1.80.